The molecule has 0 radical (unpaired) electrons. The zero-order chi connectivity index (χ0) is 11.7. The summed E-state index contributed by atoms with van der Waals surface area (Å²) in [6.45, 7) is 0. The van der Waals surface area contributed by atoms with Crippen LogP contribution in [0.3, 0.4) is 0 Å². The first-order chi connectivity index (χ1) is 8.33. The Hall–Kier alpha value is -1.65. The zero-order valence-electron chi connectivity index (χ0n) is 8.96. The molecule has 0 aliphatic carbocycles. The Morgan fingerprint density at radius 2 is 2.00 bits per heavy atom. The van der Waals surface area contributed by atoms with Crippen LogP contribution < -0.4 is 5.73 Å². The maximum absolute atomic E-state index is 5.78. The number of thiophene rings is 1. The minimum absolute atomic E-state index is 0.773. The first kappa shape index (κ1) is 10.5. The summed E-state index contributed by atoms with van der Waals surface area (Å²) in [5.74, 6) is 0. The fraction of sp³-hybridized carbons (Fsp3) is 0. The van der Waals surface area contributed by atoms with Crippen molar-refractivity contribution < 1.29 is 0 Å². The minimum atomic E-state index is 0.773. The van der Waals surface area contributed by atoms with E-state index in [1.807, 2.05) is 24.3 Å². The van der Waals surface area contributed by atoms with E-state index < -0.39 is 0 Å². The summed E-state index contributed by atoms with van der Waals surface area (Å²) in [6.07, 6.45) is 0. The predicted octanol–water partition coefficient (Wildman–Crippen LogP) is 4.12. The molecule has 1 aromatic carbocycles. The highest BCUT2D eigenvalue weighted by Gasteiger charge is 2.06. The molecule has 0 saturated carbocycles. The average Bonchev–Trinajstić information content (AvgIpc) is 3.00. The topological polar surface area (TPSA) is 38.9 Å². The molecule has 0 amide bonds. The Bertz CT molecular complexity index is 626. The summed E-state index contributed by atoms with van der Waals surface area (Å²) < 4.78 is 0. The molecule has 0 aliphatic rings. The molecule has 3 rings (SSSR count). The molecule has 4 heteroatoms. The van der Waals surface area contributed by atoms with Crippen LogP contribution in [0, 0.1) is 0 Å². The lowest BCUT2D eigenvalue weighted by atomic mass is 10.2. The van der Waals surface area contributed by atoms with Gasteiger partial charge in [0.15, 0.2) is 0 Å². The highest BCUT2D eigenvalue weighted by Crippen LogP contribution is 2.30. The van der Waals surface area contributed by atoms with Crippen LogP contribution >= 0.6 is 22.7 Å². The Kier molecular flexibility index (Phi) is 2.66. The van der Waals surface area contributed by atoms with Crippen LogP contribution in [0.15, 0.2) is 46.5 Å². The first-order valence-electron chi connectivity index (χ1n) is 5.17. The molecule has 2 aromatic heterocycles. The second-order valence-corrected chi connectivity index (χ2v) is 5.31. The smallest absolute Gasteiger partial charge is 0.124 e. The number of hydrogen-bond donors (Lipinski definition) is 1. The van der Waals surface area contributed by atoms with Crippen molar-refractivity contribution in [3.8, 4) is 21.8 Å². The molecule has 0 spiro atoms. The van der Waals surface area contributed by atoms with Crippen molar-refractivity contribution in [3.63, 3.8) is 0 Å². The third-order valence-electron chi connectivity index (χ3n) is 2.45. The van der Waals surface area contributed by atoms with Gasteiger partial charge < -0.3 is 5.73 Å². The van der Waals surface area contributed by atoms with Crippen molar-refractivity contribution in [2.45, 2.75) is 0 Å². The summed E-state index contributed by atoms with van der Waals surface area (Å²) in [5, 5.41) is 7.27. The van der Waals surface area contributed by atoms with Gasteiger partial charge in [0, 0.05) is 27.6 Å². The lowest BCUT2D eigenvalue weighted by molar-refractivity contribution is 1.41. The zero-order valence-corrected chi connectivity index (χ0v) is 10.6. The normalized spacial score (nSPS) is 10.6. The van der Waals surface area contributed by atoms with Crippen molar-refractivity contribution in [1.82, 2.24) is 4.98 Å². The maximum Gasteiger partial charge on any atom is 0.124 e. The Morgan fingerprint density at radius 1 is 1.06 bits per heavy atom. The molecular formula is C13H10N2S2. The summed E-state index contributed by atoms with van der Waals surface area (Å²) in [4.78, 5) is 4.63. The van der Waals surface area contributed by atoms with E-state index >= 15 is 0 Å². The van der Waals surface area contributed by atoms with Crippen LogP contribution in [-0.4, -0.2) is 4.98 Å². The number of nitrogens with zero attached hydrogens (tertiary/aromatic N) is 1. The minimum Gasteiger partial charge on any atom is -0.399 e. The molecule has 17 heavy (non-hydrogen) atoms. The molecular weight excluding hydrogens is 248 g/mol. The molecule has 2 nitrogen and oxygen atoms in total. The molecule has 2 heterocycles. The van der Waals surface area contributed by atoms with Gasteiger partial charge in [-0.05, 0) is 23.6 Å². The average molecular weight is 258 g/mol. The van der Waals surface area contributed by atoms with Gasteiger partial charge >= 0.3 is 0 Å². The summed E-state index contributed by atoms with van der Waals surface area (Å²) in [5.41, 5.74) is 9.85. The van der Waals surface area contributed by atoms with Gasteiger partial charge in [0.05, 0.1) is 5.69 Å². The molecule has 0 saturated heterocycles. The molecule has 3 aromatic rings. The fourth-order valence-electron chi connectivity index (χ4n) is 1.62. The summed E-state index contributed by atoms with van der Waals surface area (Å²) in [6, 6.07) is 9.92. The third-order valence-corrected chi connectivity index (χ3v) is 4.03. The van der Waals surface area contributed by atoms with E-state index in [1.165, 1.54) is 5.56 Å². The largest absolute Gasteiger partial charge is 0.399 e. The van der Waals surface area contributed by atoms with Gasteiger partial charge in [0.2, 0.25) is 0 Å². The monoisotopic (exact) mass is 258 g/mol. The van der Waals surface area contributed by atoms with Gasteiger partial charge in [-0.2, -0.15) is 11.3 Å². The van der Waals surface area contributed by atoms with Crippen molar-refractivity contribution in [3.05, 3.63) is 46.5 Å². The van der Waals surface area contributed by atoms with Crippen LogP contribution in [0.25, 0.3) is 21.8 Å². The van der Waals surface area contributed by atoms with Gasteiger partial charge in [0.25, 0.3) is 0 Å². The molecule has 84 valence electrons. The Balaban J connectivity index is 2.01. The molecule has 0 aliphatic heterocycles. The fourth-order valence-corrected chi connectivity index (χ4v) is 3.10. The summed E-state index contributed by atoms with van der Waals surface area (Å²) >= 11 is 3.33. The number of benzene rings is 1. The lowest BCUT2D eigenvalue weighted by Gasteiger charge is -1.97. The van der Waals surface area contributed by atoms with E-state index in [9.17, 15) is 0 Å². The number of thiazole rings is 1. The van der Waals surface area contributed by atoms with Gasteiger partial charge in [-0.15, -0.1) is 11.3 Å². The standard InChI is InChI=1S/C13H10N2S2/c14-11-3-1-2-9(6-11)13-15-12(8-17-13)10-4-5-16-7-10/h1-8H,14H2. The molecule has 2 N–H and O–H groups in total. The predicted molar refractivity (Wildman–Crippen MR) is 75.3 cm³/mol. The van der Waals surface area contributed by atoms with Crippen LogP contribution in [0.5, 0.6) is 0 Å². The second kappa shape index (κ2) is 4.31. The van der Waals surface area contributed by atoms with Crippen LogP contribution in [0.4, 0.5) is 5.69 Å². The van der Waals surface area contributed by atoms with Crippen molar-refractivity contribution in [2.24, 2.45) is 0 Å². The van der Waals surface area contributed by atoms with Crippen LogP contribution in [-0.2, 0) is 0 Å². The van der Waals surface area contributed by atoms with Gasteiger partial charge in [-0.3, -0.25) is 0 Å². The molecule has 0 bridgehead atoms. The maximum atomic E-state index is 5.78. The number of hydrogen-bond acceptors (Lipinski definition) is 4. The highest BCUT2D eigenvalue weighted by molar-refractivity contribution is 7.13. The third kappa shape index (κ3) is 2.09. The number of aromatic nitrogens is 1. The Morgan fingerprint density at radius 3 is 2.76 bits per heavy atom. The number of anilines is 1. The van der Waals surface area contributed by atoms with E-state index in [4.69, 9.17) is 5.73 Å². The lowest BCUT2D eigenvalue weighted by Crippen LogP contribution is -1.84. The summed E-state index contributed by atoms with van der Waals surface area (Å²) in [7, 11) is 0. The molecule has 0 unspecified atom stereocenters. The van der Waals surface area contributed by atoms with E-state index in [-0.39, 0.29) is 0 Å². The highest BCUT2D eigenvalue weighted by atomic mass is 32.1. The van der Waals surface area contributed by atoms with Crippen LogP contribution in [0.1, 0.15) is 0 Å². The van der Waals surface area contributed by atoms with Gasteiger partial charge in [-0.25, -0.2) is 4.98 Å². The van der Waals surface area contributed by atoms with Gasteiger partial charge in [0.1, 0.15) is 5.01 Å². The molecule has 0 fully saturated rings. The molecule has 0 atom stereocenters. The van der Waals surface area contributed by atoms with E-state index in [2.05, 4.69) is 27.2 Å². The van der Waals surface area contributed by atoms with E-state index in [1.54, 1.807) is 22.7 Å². The van der Waals surface area contributed by atoms with Crippen molar-refractivity contribution >= 4 is 28.4 Å². The quantitative estimate of drug-likeness (QED) is 0.702. The van der Waals surface area contributed by atoms with E-state index in [0.29, 0.717) is 0 Å². The number of nitrogen functional groups attached to an aromatic ring is 1. The SMILES string of the molecule is Nc1cccc(-c2nc(-c3ccsc3)cs2)c1. The van der Waals surface area contributed by atoms with Gasteiger partial charge in [-0.1, -0.05) is 12.1 Å². The van der Waals surface area contributed by atoms with E-state index in [0.717, 1.165) is 22.0 Å². The second-order valence-electron chi connectivity index (χ2n) is 3.68. The first-order valence-corrected chi connectivity index (χ1v) is 6.99. The van der Waals surface area contributed by atoms with Crippen LogP contribution in [0.2, 0.25) is 0 Å². The van der Waals surface area contributed by atoms with Crippen molar-refractivity contribution in [2.75, 3.05) is 5.73 Å². The number of nitrogens with two attached hydrogens (primary N) is 1. The van der Waals surface area contributed by atoms with Crippen molar-refractivity contribution in [1.29, 1.82) is 0 Å². The number of rotatable bonds is 2. The Labute approximate surface area is 107 Å².